The molecule has 0 atom stereocenters. The van der Waals surface area contributed by atoms with E-state index in [0.29, 0.717) is 35.9 Å². The Bertz CT molecular complexity index is 690. The van der Waals surface area contributed by atoms with Gasteiger partial charge in [0.2, 0.25) is 5.75 Å². The number of hydrogen-bond donors (Lipinski definition) is 0. The van der Waals surface area contributed by atoms with Crippen molar-refractivity contribution in [2.75, 3.05) is 27.3 Å². The molecule has 25 heavy (non-hydrogen) atoms. The van der Waals surface area contributed by atoms with Crippen molar-refractivity contribution >= 4 is 5.91 Å². The average molecular weight is 342 g/mol. The van der Waals surface area contributed by atoms with E-state index in [-0.39, 0.29) is 12.0 Å². The smallest absolute Gasteiger partial charge is 0.255 e. The maximum Gasteiger partial charge on any atom is 0.255 e. The predicted octanol–water partition coefficient (Wildman–Crippen LogP) is 2.78. The van der Waals surface area contributed by atoms with Gasteiger partial charge in [0.15, 0.2) is 11.5 Å². The molecule has 2 aromatic rings. The molecule has 0 saturated carbocycles. The first-order valence-electron chi connectivity index (χ1n) is 8.30. The van der Waals surface area contributed by atoms with Gasteiger partial charge in [0.05, 0.1) is 19.8 Å². The van der Waals surface area contributed by atoms with Gasteiger partial charge in [-0.2, -0.15) is 0 Å². The number of amides is 1. The summed E-state index contributed by atoms with van der Waals surface area (Å²) in [5.41, 5.74) is 0.619. The highest BCUT2D eigenvalue weighted by Gasteiger charge is 2.26. The molecule has 132 valence electrons. The first-order chi connectivity index (χ1) is 12.2. The van der Waals surface area contributed by atoms with Crippen LogP contribution in [0.3, 0.4) is 0 Å². The Morgan fingerprint density at radius 2 is 1.76 bits per heavy atom. The van der Waals surface area contributed by atoms with E-state index in [4.69, 9.17) is 14.2 Å². The van der Waals surface area contributed by atoms with Crippen molar-refractivity contribution < 1.29 is 19.0 Å². The first-order valence-corrected chi connectivity index (χ1v) is 8.30. The lowest BCUT2D eigenvalue weighted by molar-refractivity contribution is 0.0584. The van der Waals surface area contributed by atoms with Crippen molar-refractivity contribution in [3.05, 3.63) is 48.3 Å². The molecule has 0 aliphatic carbocycles. The molecular weight excluding hydrogens is 320 g/mol. The van der Waals surface area contributed by atoms with Gasteiger partial charge in [-0.1, -0.05) is 6.07 Å². The van der Waals surface area contributed by atoms with E-state index in [2.05, 4.69) is 4.98 Å². The monoisotopic (exact) mass is 342 g/mol. The van der Waals surface area contributed by atoms with Gasteiger partial charge in [0.1, 0.15) is 6.10 Å². The number of piperidine rings is 1. The van der Waals surface area contributed by atoms with Crippen LogP contribution in [0.5, 0.6) is 17.2 Å². The molecule has 0 spiro atoms. The largest absolute Gasteiger partial charge is 0.493 e. The van der Waals surface area contributed by atoms with E-state index in [1.807, 2.05) is 23.1 Å². The fraction of sp³-hybridized carbons (Fsp3) is 0.368. The fourth-order valence-corrected chi connectivity index (χ4v) is 2.95. The molecule has 1 aliphatic rings. The Morgan fingerprint density at radius 1 is 1.08 bits per heavy atom. The Labute approximate surface area is 147 Å². The number of nitrogens with zero attached hydrogens (tertiary/aromatic N) is 2. The molecule has 1 saturated heterocycles. The van der Waals surface area contributed by atoms with Crippen LogP contribution in [0.15, 0.2) is 42.7 Å². The third kappa shape index (κ3) is 3.84. The SMILES string of the molecule is COc1cccc(OC)c1OC1CCN(C(=O)c2cccnc2)CC1. The molecule has 0 radical (unpaired) electrons. The van der Waals surface area contributed by atoms with Crippen molar-refractivity contribution in [1.82, 2.24) is 9.88 Å². The van der Waals surface area contributed by atoms with E-state index >= 15 is 0 Å². The summed E-state index contributed by atoms with van der Waals surface area (Å²) in [6.45, 7) is 1.30. The minimum atomic E-state index is 0.0152. The molecule has 6 nitrogen and oxygen atoms in total. The van der Waals surface area contributed by atoms with Gasteiger partial charge in [-0.3, -0.25) is 9.78 Å². The minimum absolute atomic E-state index is 0.0152. The summed E-state index contributed by atoms with van der Waals surface area (Å²) in [6.07, 6.45) is 4.80. The Balaban J connectivity index is 1.63. The maximum atomic E-state index is 12.5. The number of ether oxygens (including phenoxy) is 3. The van der Waals surface area contributed by atoms with Gasteiger partial charge in [-0.15, -0.1) is 0 Å². The number of benzene rings is 1. The zero-order valence-corrected chi connectivity index (χ0v) is 14.5. The number of aromatic nitrogens is 1. The fourth-order valence-electron chi connectivity index (χ4n) is 2.95. The number of rotatable bonds is 5. The lowest BCUT2D eigenvalue weighted by Gasteiger charge is -2.32. The van der Waals surface area contributed by atoms with Gasteiger partial charge in [0, 0.05) is 38.3 Å². The van der Waals surface area contributed by atoms with Gasteiger partial charge < -0.3 is 19.1 Å². The Morgan fingerprint density at radius 3 is 2.32 bits per heavy atom. The average Bonchev–Trinajstić information content (AvgIpc) is 2.69. The minimum Gasteiger partial charge on any atom is -0.493 e. The van der Waals surface area contributed by atoms with E-state index in [1.165, 1.54) is 0 Å². The normalized spacial score (nSPS) is 14.9. The molecule has 2 heterocycles. The van der Waals surface area contributed by atoms with Crippen LogP contribution in [0.1, 0.15) is 23.2 Å². The Kier molecular flexibility index (Phi) is 5.38. The molecule has 0 N–H and O–H groups in total. The number of para-hydroxylation sites is 1. The van der Waals surface area contributed by atoms with Crippen LogP contribution >= 0.6 is 0 Å². The lowest BCUT2D eigenvalue weighted by atomic mass is 10.1. The third-order valence-electron chi connectivity index (χ3n) is 4.30. The van der Waals surface area contributed by atoms with E-state index in [9.17, 15) is 4.79 Å². The van der Waals surface area contributed by atoms with Gasteiger partial charge in [-0.25, -0.2) is 0 Å². The molecule has 3 rings (SSSR count). The van der Waals surface area contributed by atoms with Crippen LogP contribution in [0.25, 0.3) is 0 Å². The topological polar surface area (TPSA) is 60.9 Å². The lowest BCUT2D eigenvalue weighted by Crippen LogP contribution is -2.41. The van der Waals surface area contributed by atoms with Crippen LogP contribution in [0.4, 0.5) is 0 Å². The van der Waals surface area contributed by atoms with Crippen molar-refractivity contribution in [1.29, 1.82) is 0 Å². The van der Waals surface area contributed by atoms with E-state index in [1.54, 1.807) is 38.7 Å². The molecule has 0 unspecified atom stereocenters. The van der Waals surface area contributed by atoms with Crippen LogP contribution in [0, 0.1) is 0 Å². The highest BCUT2D eigenvalue weighted by Crippen LogP contribution is 2.38. The summed E-state index contributed by atoms with van der Waals surface area (Å²) in [5.74, 6) is 1.92. The molecule has 1 fully saturated rings. The summed E-state index contributed by atoms with van der Waals surface area (Å²) >= 11 is 0. The van der Waals surface area contributed by atoms with E-state index < -0.39 is 0 Å². The second-order valence-electron chi connectivity index (χ2n) is 5.84. The summed E-state index contributed by atoms with van der Waals surface area (Å²) in [4.78, 5) is 18.3. The van der Waals surface area contributed by atoms with Gasteiger partial charge in [0.25, 0.3) is 5.91 Å². The molecule has 0 bridgehead atoms. The zero-order valence-electron chi connectivity index (χ0n) is 14.5. The summed E-state index contributed by atoms with van der Waals surface area (Å²) in [6, 6.07) is 9.12. The molecule has 1 aliphatic heterocycles. The van der Waals surface area contributed by atoms with Crippen LogP contribution in [-0.2, 0) is 0 Å². The van der Waals surface area contributed by atoms with Crippen molar-refractivity contribution in [3.8, 4) is 17.2 Å². The van der Waals surface area contributed by atoms with Crippen molar-refractivity contribution in [2.24, 2.45) is 0 Å². The molecule has 1 aromatic heterocycles. The number of likely N-dealkylation sites (tertiary alicyclic amines) is 1. The number of carbonyl (C=O) groups is 1. The zero-order chi connectivity index (χ0) is 17.6. The third-order valence-corrected chi connectivity index (χ3v) is 4.30. The standard InChI is InChI=1S/C19H22N2O4/c1-23-16-6-3-7-17(24-2)18(16)25-15-8-11-21(12-9-15)19(22)14-5-4-10-20-13-14/h3-7,10,13,15H,8-9,11-12H2,1-2H3. The van der Waals surface area contributed by atoms with E-state index in [0.717, 1.165) is 12.8 Å². The van der Waals surface area contributed by atoms with Crippen LogP contribution in [-0.4, -0.2) is 49.2 Å². The second-order valence-corrected chi connectivity index (χ2v) is 5.84. The van der Waals surface area contributed by atoms with Crippen LogP contribution < -0.4 is 14.2 Å². The highest BCUT2D eigenvalue weighted by atomic mass is 16.5. The highest BCUT2D eigenvalue weighted by molar-refractivity contribution is 5.93. The number of pyridine rings is 1. The number of carbonyl (C=O) groups excluding carboxylic acids is 1. The van der Waals surface area contributed by atoms with Gasteiger partial charge >= 0.3 is 0 Å². The summed E-state index contributed by atoms with van der Waals surface area (Å²) < 4.78 is 16.9. The molecule has 1 aromatic carbocycles. The number of hydrogen-bond acceptors (Lipinski definition) is 5. The first kappa shape index (κ1) is 17.1. The maximum absolute atomic E-state index is 12.5. The van der Waals surface area contributed by atoms with Crippen LogP contribution in [0.2, 0.25) is 0 Å². The Hall–Kier alpha value is -2.76. The predicted molar refractivity (Wildman–Crippen MR) is 93.3 cm³/mol. The quantitative estimate of drug-likeness (QED) is 0.836. The molecule has 6 heteroatoms. The van der Waals surface area contributed by atoms with Gasteiger partial charge in [-0.05, 0) is 24.3 Å². The number of methoxy groups -OCH3 is 2. The summed E-state index contributed by atoms with van der Waals surface area (Å²) in [5, 5.41) is 0. The van der Waals surface area contributed by atoms with Crippen molar-refractivity contribution in [3.63, 3.8) is 0 Å². The molecule has 1 amide bonds. The summed E-state index contributed by atoms with van der Waals surface area (Å²) in [7, 11) is 3.22. The molecular formula is C19H22N2O4. The second kappa shape index (κ2) is 7.88. The van der Waals surface area contributed by atoms with Crippen molar-refractivity contribution in [2.45, 2.75) is 18.9 Å².